The van der Waals surface area contributed by atoms with Crippen molar-refractivity contribution in [2.75, 3.05) is 0 Å². The molecule has 4 aromatic heterocycles. The Morgan fingerprint density at radius 2 is 0.591 bits per heavy atom. The first-order valence-corrected chi connectivity index (χ1v) is 23.0. The molecular weight excluding hydrogens is 797 g/mol. The summed E-state index contributed by atoms with van der Waals surface area (Å²) in [5.74, 6) is 0. The fraction of sp³-hybridized carbons (Fsp3) is 0. The highest BCUT2D eigenvalue weighted by molar-refractivity contribution is 6.29. The molecule has 12 aromatic carbocycles. The number of benzene rings is 12. The van der Waals surface area contributed by atoms with E-state index in [0.29, 0.717) is 0 Å². The summed E-state index contributed by atoms with van der Waals surface area (Å²) in [7, 11) is 0. The van der Waals surface area contributed by atoms with Crippen molar-refractivity contribution in [2.24, 2.45) is 0 Å². The van der Waals surface area contributed by atoms with Crippen molar-refractivity contribution in [1.29, 1.82) is 0 Å². The lowest BCUT2D eigenvalue weighted by Gasteiger charge is -2.19. The molecule has 0 aliphatic carbocycles. The monoisotopic (exact) mass is 832 g/mol. The van der Waals surface area contributed by atoms with Crippen molar-refractivity contribution in [3.05, 3.63) is 218 Å². The molecule has 0 fully saturated rings. The molecule has 16 rings (SSSR count). The number of hydrogen-bond donors (Lipinski definition) is 0. The van der Waals surface area contributed by atoms with Crippen LogP contribution in [0.3, 0.4) is 0 Å². The van der Waals surface area contributed by atoms with Crippen molar-refractivity contribution in [3.63, 3.8) is 0 Å². The van der Waals surface area contributed by atoms with Crippen LogP contribution in [0.5, 0.6) is 0 Å². The third-order valence-electron chi connectivity index (χ3n) is 15.1. The molecule has 0 saturated heterocycles. The number of hydrogen-bond acceptors (Lipinski definition) is 0. The van der Waals surface area contributed by atoms with Gasteiger partial charge >= 0.3 is 0 Å². The first kappa shape index (κ1) is 34.7. The van der Waals surface area contributed by atoms with E-state index in [2.05, 4.69) is 227 Å². The zero-order valence-electron chi connectivity index (χ0n) is 35.7. The number of fused-ring (bicyclic) bond motifs is 16. The molecular formula is C64H36N2. The average Bonchev–Trinajstić information content (AvgIpc) is 4.11. The Hall–Kier alpha value is -8.72. The van der Waals surface area contributed by atoms with Crippen molar-refractivity contribution in [3.8, 4) is 33.4 Å². The van der Waals surface area contributed by atoms with Gasteiger partial charge in [-0.1, -0.05) is 182 Å². The first-order chi connectivity index (χ1) is 32.8. The van der Waals surface area contributed by atoms with Crippen LogP contribution in [-0.4, -0.2) is 8.80 Å². The van der Waals surface area contributed by atoms with Gasteiger partial charge in [-0.15, -0.1) is 0 Å². The van der Waals surface area contributed by atoms with Gasteiger partial charge in [-0.05, 0) is 102 Å². The Morgan fingerprint density at radius 1 is 0.212 bits per heavy atom. The van der Waals surface area contributed by atoms with Crippen LogP contribution in [0.15, 0.2) is 218 Å². The van der Waals surface area contributed by atoms with Crippen LogP contribution in [-0.2, 0) is 0 Å². The predicted molar refractivity (Wildman–Crippen MR) is 282 cm³/mol. The van der Waals surface area contributed by atoms with Crippen LogP contribution in [0.25, 0.3) is 153 Å². The van der Waals surface area contributed by atoms with E-state index in [-0.39, 0.29) is 0 Å². The zero-order chi connectivity index (χ0) is 42.8. The summed E-state index contributed by atoms with van der Waals surface area (Å²) >= 11 is 0. The lowest BCUT2D eigenvalue weighted by Crippen LogP contribution is -1.93. The Morgan fingerprint density at radius 3 is 1.12 bits per heavy atom. The molecule has 0 amide bonds. The maximum atomic E-state index is 2.54. The minimum absolute atomic E-state index is 1.22. The molecule has 4 heterocycles. The molecule has 0 unspecified atom stereocenters. The second-order valence-corrected chi connectivity index (χ2v) is 18.3. The Kier molecular flexibility index (Phi) is 6.58. The van der Waals surface area contributed by atoms with Gasteiger partial charge in [0.05, 0.1) is 33.1 Å². The summed E-state index contributed by atoms with van der Waals surface area (Å²) in [5, 5.41) is 20.3. The van der Waals surface area contributed by atoms with E-state index < -0.39 is 0 Å². The van der Waals surface area contributed by atoms with Gasteiger partial charge < -0.3 is 8.80 Å². The summed E-state index contributed by atoms with van der Waals surface area (Å²) in [4.78, 5) is 0. The minimum Gasteiger partial charge on any atom is -0.307 e. The second-order valence-electron chi connectivity index (χ2n) is 18.3. The quantitative estimate of drug-likeness (QED) is 0.157. The van der Waals surface area contributed by atoms with E-state index in [9.17, 15) is 0 Å². The molecule has 0 aliphatic rings. The van der Waals surface area contributed by atoms with Crippen molar-refractivity contribution in [1.82, 2.24) is 8.80 Å². The van der Waals surface area contributed by atoms with Crippen molar-refractivity contribution in [2.45, 2.75) is 0 Å². The maximum absolute atomic E-state index is 2.54. The summed E-state index contributed by atoms with van der Waals surface area (Å²) in [6, 6.07) is 82.2. The molecule has 16 aromatic rings. The number of aromatic nitrogens is 2. The molecule has 66 heavy (non-hydrogen) atoms. The second kappa shape index (κ2) is 12.5. The van der Waals surface area contributed by atoms with Crippen molar-refractivity contribution < 1.29 is 0 Å². The van der Waals surface area contributed by atoms with E-state index in [1.54, 1.807) is 0 Å². The van der Waals surface area contributed by atoms with Gasteiger partial charge in [0.1, 0.15) is 0 Å². The maximum Gasteiger partial charge on any atom is 0.0620 e. The average molecular weight is 833 g/mol. The molecule has 0 bridgehead atoms. The lowest BCUT2D eigenvalue weighted by molar-refractivity contribution is 1.37. The third-order valence-corrected chi connectivity index (χ3v) is 15.1. The Balaban J connectivity index is 1.06. The van der Waals surface area contributed by atoms with Gasteiger partial charge in [-0.3, -0.25) is 0 Å². The van der Waals surface area contributed by atoms with E-state index in [1.807, 2.05) is 0 Å². The Bertz CT molecular complexity index is 4510. The number of nitrogens with zero attached hydrogens (tertiary/aromatic N) is 2. The normalized spacial score (nSPS) is 12.5. The van der Waals surface area contributed by atoms with Gasteiger partial charge in [0.25, 0.3) is 0 Å². The van der Waals surface area contributed by atoms with E-state index in [0.717, 1.165) is 0 Å². The molecule has 302 valence electrons. The first-order valence-electron chi connectivity index (χ1n) is 23.0. The number of rotatable bonds is 3. The molecule has 0 aliphatic heterocycles. The van der Waals surface area contributed by atoms with Gasteiger partial charge in [-0.25, -0.2) is 0 Å². The van der Waals surface area contributed by atoms with Gasteiger partial charge in [0.15, 0.2) is 0 Å². The van der Waals surface area contributed by atoms with Crippen molar-refractivity contribution >= 4 is 119 Å². The molecule has 0 radical (unpaired) electrons. The highest BCUT2D eigenvalue weighted by atomic mass is 14.9. The lowest BCUT2D eigenvalue weighted by atomic mass is 9.85. The van der Waals surface area contributed by atoms with Crippen LogP contribution in [0.1, 0.15) is 0 Å². The molecule has 2 heteroatoms. The zero-order valence-corrected chi connectivity index (χ0v) is 35.7. The van der Waals surface area contributed by atoms with E-state index in [1.165, 1.54) is 153 Å². The summed E-state index contributed by atoms with van der Waals surface area (Å²) in [6.07, 6.45) is 0. The van der Waals surface area contributed by atoms with E-state index in [4.69, 9.17) is 0 Å². The molecule has 0 saturated carbocycles. The number of para-hydroxylation sites is 6. The standard InChI is InChI=1S/C64H36N2/c1-2-14-38-34-41-35-40(32-31-39(41)33-37(38)13-1)60-46-19-7-17-42(48-21-9-25-52-54-27-11-23-50-44-15-3-5-29-58(44)65(61(48)52)63(50)54)56(46)36-57-43(18-8-20-47(57)60)49-22-10-26-53-55-28-12-24-51-45-16-4-6-30-59(45)66(62(49)53)64(51)55/h1-36H. The molecule has 0 N–H and O–H groups in total. The largest absolute Gasteiger partial charge is 0.307 e. The third kappa shape index (κ3) is 4.36. The fourth-order valence-corrected chi connectivity index (χ4v) is 12.4. The highest BCUT2D eigenvalue weighted by Gasteiger charge is 2.24. The molecule has 0 atom stereocenters. The van der Waals surface area contributed by atoms with Crippen LogP contribution < -0.4 is 0 Å². The smallest absolute Gasteiger partial charge is 0.0620 e. The van der Waals surface area contributed by atoms with Crippen LogP contribution in [0, 0.1) is 0 Å². The van der Waals surface area contributed by atoms with Gasteiger partial charge in [0, 0.05) is 54.2 Å². The highest BCUT2D eigenvalue weighted by Crippen LogP contribution is 2.49. The summed E-state index contributed by atoms with van der Waals surface area (Å²) < 4.78 is 5.08. The molecule has 0 spiro atoms. The molecule has 2 nitrogen and oxygen atoms in total. The van der Waals surface area contributed by atoms with Crippen LogP contribution in [0.2, 0.25) is 0 Å². The van der Waals surface area contributed by atoms with Gasteiger partial charge in [0.2, 0.25) is 0 Å². The SMILES string of the molecule is c1ccc2cc3cc(-c4c5cccc(-c6cccc7c8cccc9c%10ccccc%10n(c67)c98)c5cc5c(-c6cccc7c8cccc9c%10ccccc%10n(c67)c98)cccc45)ccc3cc2c1. The summed E-state index contributed by atoms with van der Waals surface area (Å²) in [6.45, 7) is 0. The van der Waals surface area contributed by atoms with E-state index >= 15 is 0 Å². The topological polar surface area (TPSA) is 8.82 Å². The summed E-state index contributed by atoms with van der Waals surface area (Å²) in [5.41, 5.74) is 15.0. The van der Waals surface area contributed by atoms with Crippen LogP contribution >= 0.6 is 0 Å². The predicted octanol–water partition coefficient (Wildman–Crippen LogP) is 17.6. The Labute approximate surface area is 378 Å². The van der Waals surface area contributed by atoms with Gasteiger partial charge in [-0.2, -0.15) is 0 Å². The fourth-order valence-electron chi connectivity index (χ4n) is 12.4. The minimum atomic E-state index is 1.22. The van der Waals surface area contributed by atoms with Crippen LogP contribution in [0.4, 0.5) is 0 Å².